The number of carbonyl (C=O) groups is 1. The van der Waals surface area contributed by atoms with Gasteiger partial charge in [0.1, 0.15) is 5.75 Å². The summed E-state index contributed by atoms with van der Waals surface area (Å²) in [5, 5.41) is 0. The highest BCUT2D eigenvalue weighted by Crippen LogP contribution is 2.28. The van der Waals surface area contributed by atoms with E-state index >= 15 is 0 Å². The van der Waals surface area contributed by atoms with Gasteiger partial charge < -0.3 is 9.64 Å². The van der Waals surface area contributed by atoms with Crippen LogP contribution in [0.1, 0.15) is 48.0 Å². The molecule has 0 radical (unpaired) electrons. The van der Waals surface area contributed by atoms with Gasteiger partial charge in [0.2, 0.25) is 0 Å². The first-order valence-corrected chi connectivity index (χ1v) is 8.45. The molecule has 1 saturated carbocycles. The molecule has 0 atom stereocenters. The van der Waals surface area contributed by atoms with Gasteiger partial charge in [0.15, 0.2) is 0 Å². The fourth-order valence-electron chi connectivity index (χ4n) is 3.42. The lowest BCUT2D eigenvalue weighted by molar-refractivity contribution is 0.0649. The van der Waals surface area contributed by atoms with Gasteiger partial charge in [-0.1, -0.05) is 19.3 Å². The van der Waals surface area contributed by atoms with Crippen LogP contribution in [0, 0.1) is 0 Å². The third-order valence-corrected chi connectivity index (χ3v) is 4.71. The Morgan fingerprint density at radius 1 is 1.29 bits per heavy atom. The van der Waals surface area contributed by atoms with Crippen LogP contribution in [0.4, 0.5) is 0 Å². The lowest BCUT2D eigenvalue weighted by Gasteiger charge is -2.34. The number of fused-ring (bicyclic) bond motifs is 1. The molecule has 3 rings (SSSR count). The van der Waals surface area contributed by atoms with Crippen molar-refractivity contribution in [2.45, 2.75) is 44.6 Å². The predicted molar refractivity (Wildman–Crippen MR) is 84.3 cm³/mol. The van der Waals surface area contributed by atoms with Crippen LogP contribution < -0.4 is 4.74 Å². The van der Waals surface area contributed by atoms with Crippen molar-refractivity contribution in [3.63, 3.8) is 0 Å². The molecule has 1 amide bonds. The summed E-state index contributed by atoms with van der Waals surface area (Å²) in [5.74, 6) is 1.54. The highest BCUT2D eigenvalue weighted by Gasteiger charge is 2.26. The van der Waals surface area contributed by atoms with E-state index in [1.165, 1.54) is 19.3 Å². The van der Waals surface area contributed by atoms with E-state index in [0.717, 1.165) is 42.7 Å². The Hall–Kier alpha value is -1.22. The summed E-state index contributed by atoms with van der Waals surface area (Å²) < 4.78 is 5.51. The monoisotopic (exact) mass is 307 g/mol. The van der Waals surface area contributed by atoms with Crippen molar-refractivity contribution in [1.29, 1.82) is 0 Å². The largest absolute Gasteiger partial charge is 0.493 e. The average molecular weight is 308 g/mol. The maximum absolute atomic E-state index is 12.9. The third kappa shape index (κ3) is 3.18. The topological polar surface area (TPSA) is 29.5 Å². The van der Waals surface area contributed by atoms with Gasteiger partial charge in [-0.3, -0.25) is 4.79 Å². The van der Waals surface area contributed by atoms with Crippen molar-refractivity contribution in [3.8, 4) is 5.75 Å². The Labute approximate surface area is 131 Å². The van der Waals surface area contributed by atoms with Crippen molar-refractivity contribution in [1.82, 2.24) is 4.90 Å². The molecular formula is C17H22ClNO2. The zero-order chi connectivity index (χ0) is 14.7. The number of benzene rings is 1. The lowest BCUT2D eigenvalue weighted by Crippen LogP contribution is -2.42. The number of rotatable bonds is 4. The summed E-state index contributed by atoms with van der Waals surface area (Å²) in [7, 11) is 0. The standard InChI is InChI=1S/C17H22ClNO2/c18-9-10-19(15-4-2-1-3-5-15)17(20)14-6-7-16-13(12-14)8-11-21-16/h6-7,12,15H,1-5,8-11H2. The molecule has 3 nitrogen and oxygen atoms in total. The number of hydrogen-bond donors (Lipinski definition) is 0. The first-order chi connectivity index (χ1) is 10.3. The van der Waals surface area contributed by atoms with Gasteiger partial charge in [-0.05, 0) is 36.6 Å². The number of hydrogen-bond acceptors (Lipinski definition) is 2. The second kappa shape index (κ2) is 6.69. The summed E-state index contributed by atoms with van der Waals surface area (Å²) in [6, 6.07) is 6.16. The minimum absolute atomic E-state index is 0.122. The van der Waals surface area contributed by atoms with Gasteiger partial charge in [-0.15, -0.1) is 11.6 Å². The molecule has 2 aliphatic rings. The van der Waals surface area contributed by atoms with Gasteiger partial charge in [0, 0.05) is 30.5 Å². The molecule has 1 aliphatic carbocycles. The lowest BCUT2D eigenvalue weighted by atomic mass is 9.93. The molecular weight excluding hydrogens is 286 g/mol. The Kier molecular flexibility index (Phi) is 4.69. The molecule has 1 aromatic rings. The normalized spacial score (nSPS) is 18.1. The SMILES string of the molecule is O=C(c1ccc2c(c1)CCO2)N(CCCl)C1CCCCC1. The van der Waals surface area contributed by atoms with Crippen molar-refractivity contribution in [2.75, 3.05) is 19.0 Å². The third-order valence-electron chi connectivity index (χ3n) is 4.54. The molecule has 1 aliphatic heterocycles. The number of amides is 1. The van der Waals surface area contributed by atoms with Gasteiger partial charge in [0.05, 0.1) is 6.61 Å². The zero-order valence-electron chi connectivity index (χ0n) is 12.3. The van der Waals surface area contributed by atoms with Gasteiger partial charge in [-0.2, -0.15) is 0 Å². The average Bonchev–Trinajstić information content (AvgIpc) is 3.00. The van der Waals surface area contributed by atoms with Gasteiger partial charge in [-0.25, -0.2) is 0 Å². The highest BCUT2D eigenvalue weighted by atomic mass is 35.5. The number of alkyl halides is 1. The Morgan fingerprint density at radius 3 is 2.86 bits per heavy atom. The molecule has 1 fully saturated rings. The molecule has 4 heteroatoms. The van der Waals surface area contributed by atoms with E-state index in [4.69, 9.17) is 16.3 Å². The summed E-state index contributed by atoms with van der Waals surface area (Å²) in [6.07, 6.45) is 6.84. The van der Waals surface area contributed by atoms with Crippen LogP contribution in [0.5, 0.6) is 5.75 Å². The number of nitrogens with zero attached hydrogens (tertiary/aromatic N) is 1. The quantitative estimate of drug-likeness (QED) is 0.795. The van der Waals surface area contributed by atoms with E-state index in [2.05, 4.69) is 0 Å². The Balaban J connectivity index is 1.79. The van der Waals surface area contributed by atoms with E-state index in [0.29, 0.717) is 18.5 Å². The molecule has 1 aromatic carbocycles. The molecule has 0 N–H and O–H groups in total. The number of halogens is 1. The van der Waals surface area contributed by atoms with Crippen LogP contribution in [-0.2, 0) is 6.42 Å². The van der Waals surface area contributed by atoms with Crippen molar-refractivity contribution >= 4 is 17.5 Å². The van der Waals surface area contributed by atoms with Crippen LogP contribution >= 0.6 is 11.6 Å². The van der Waals surface area contributed by atoms with E-state index in [1.54, 1.807) is 0 Å². The van der Waals surface area contributed by atoms with Crippen LogP contribution in [0.15, 0.2) is 18.2 Å². The summed E-state index contributed by atoms with van der Waals surface area (Å²) >= 11 is 5.93. The van der Waals surface area contributed by atoms with E-state index in [-0.39, 0.29) is 5.91 Å². The molecule has 1 heterocycles. The molecule has 114 valence electrons. The minimum atomic E-state index is 0.122. The van der Waals surface area contributed by atoms with Crippen LogP contribution in [0.3, 0.4) is 0 Å². The Bertz CT molecular complexity index is 512. The zero-order valence-corrected chi connectivity index (χ0v) is 13.1. The predicted octanol–water partition coefficient (Wildman–Crippen LogP) is 3.64. The highest BCUT2D eigenvalue weighted by molar-refractivity contribution is 6.18. The first kappa shape index (κ1) is 14.7. The minimum Gasteiger partial charge on any atom is -0.493 e. The maximum atomic E-state index is 12.9. The molecule has 0 aromatic heterocycles. The first-order valence-electron chi connectivity index (χ1n) is 7.92. The van der Waals surface area contributed by atoms with Gasteiger partial charge in [0.25, 0.3) is 5.91 Å². The van der Waals surface area contributed by atoms with E-state index in [1.807, 2.05) is 23.1 Å². The van der Waals surface area contributed by atoms with E-state index < -0.39 is 0 Å². The van der Waals surface area contributed by atoms with Crippen LogP contribution in [0.25, 0.3) is 0 Å². The molecule has 0 bridgehead atoms. The smallest absolute Gasteiger partial charge is 0.254 e. The summed E-state index contributed by atoms with van der Waals surface area (Å²) in [6.45, 7) is 1.36. The second-order valence-corrected chi connectivity index (χ2v) is 6.28. The Morgan fingerprint density at radius 2 is 2.10 bits per heavy atom. The van der Waals surface area contributed by atoms with Gasteiger partial charge >= 0.3 is 0 Å². The fraction of sp³-hybridized carbons (Fsp3) is 0.588. The van der Waals surface area contributed by atoms with Crippen LogP contribution in [-0.4, -0.2) is 35.9 Å². The molecule has 21 heavy (non-hydrogen) atoms. The van der Waals surface area contributed by atoms with Crippen molar-refractivity contribution < 1.29 is 9.53 Å². The molecule has 0 spiro atoms. The second-order valence-electron chi connectivity index (χ2n) is 5.90. The fourth-order valence-corrected chi connectivity index (χ4v) is 3.60. The van der Waals surface area contributed by atoms with E-state index in [9.17, 15) is 4.79 Å². The molecule has 0 saturated heterocycles. The maximum Gasteiger partial charge on any atom is 0.254 e. The number of carbonyl (C=O) groups excluding carboxylic acids is 1. The van der Waals surface area contributed by atoms with Crippen LogP contribution in [0.2, 0.25) is 0 Å². The van der Waals surface area contributed by atoms with Crippen molar-refractivity contribution in [3.05, 3.63) is 29.3 Å². The van der Waals surface area contributed by atoms with Crippen molar-refractivity contribution in [2.24, 2.45) is 0 Å². The number of ether oxygens (including phenoxy) is 1. The summed E-state index contributed by atoms with van der Waals surface area (Å²) in [5.41, 5.74) is 1.92. The summed E-state index contributed by atoms with van der Waals surface area (Å²) in [4.78, 5) is 14.9. The molecule has 0 unspecified atom stereocenters.